The molecule has 1 saturated heterocycles. The van der Waals surface area contributed by atoms with E-state index in [1.807, 2.05) is 19.0 Å². The van der Waals surface area contributed by atoms with E-state index in [9.17, 15) is 9.90 Å². The van der Waals surface area contributed by atoms with Crippen molar-refractivity contribution in [1.29, 1.82) is 0 Å². The second-order valence-corrected chi connectivity index (χ2v) is 5.69. The van der Waals surface area contributed by atoms with E-state index in [0.29, 0.717) is 29.5 Å². The minimum Gasteiger partial charge on any atom is -0.495 e. The monoisotopic (exact) mass is 313 g/mol. The van der Waals surface area contributed by atoms with Gasteiger partial charge in [-0.3, -0.25) is 0 Å². The van der Waals surface area contributed by atoms with Crippen LogP contribution in [0.15, 0.2) is 18.2 Å². The molecule has 1 fully saturated rings. The van der Waals surface area contributed by atoms with Crippen molar-refractivity contribution < 1.29 is 14.6 Å². The number of hydrogen-bond donors (Lipinski definition) is 2. The molecular weight excluding hydrogens is 294 g/mol. The third-order valence-electron chi connectivity index (χ3n) is 3.61. The molecular formula is C14H20ClN3O3. The van der Waals surface area contributed by atoms with Gasteiger partial charge in [-0.1, -0.05) is 11.6 Å². The Balaban J connectivity index is 2.01. The van der Waals surface area contributed by atoms with Gasteiger partial charge < -0.3 is 25.0 Å². The van der Waals surface area contributed by atoms with Crippen LogP contribution in [0.3, 0.4) is 0 Å². The van der Waals surface area contributed by atoms with Crippen LogP contribution in [0.25, 0.3) is 0 Å². The average molecular weight is 314 g/mol. The number of halogens is 1. The number of benzene rings is 1. The van der Waals surface area contributed by atoms with Gasteiger partial charge in [0.15, 0.2) is 0 Å². The first-order valence-electron chi connectivity index (χ1n) is 6.66. The Hall–Kier alpha value is -1.50. The molecule has 2 atom stereocenters. The highest BCUT2D eigenvalue weighted by molar-refractivity contribution is 6.32. The Kier molecular flexibility index (Phi) is 4.92. The molecule has 1 aliphatic heterocycles. The van der Waals surface area contributed by atoms with Gasteiger partial charge in [0.1, 0.15) is 5.75 Å². The molecule has 1 aliphatic rings. The van der Waals surface area contributed by atoms with E-state index in [1.54, 1.807) is 23.1 Å². The molecule has 2 amide bonds. The number of likely N-dealkylation sites (N-methyl/N-ethyl adjacent to an activating group) is 1. The minimum atomic E-state index is -0.537. The lowest BCUT2D eigenvalue weighted by atomic mass is 10.2. The number of carbonyl (C=O) groups is 1. The number of ether oxygens (including phenoxy) is 1. The zero-order valence-corrected chi connectivity index (χ0v) is 13.1. The highest BCUT2D eigenvalue weighted by atomic mass is 35.5. The average Bonchev–Trinajstić information content (AvgIpc) is 2.81. The summed E-state index contributed by atoms with van der Waals surface area (Å²) in [4.78, 5) is 15.7. The Morgan fingerprint density at radius 1 is 1.48 bits per heavy atom. The number of nitrogens with zero attached hydrogens (tertiary/aromatic N) is 2. The van der Waals surface area contributed by atoms with E-state index in [-0.39, 0.29) is 12.1 Å². The second kappa shape index (κ2) is 6.51. The van der Waals surface area contributed by atoms with E-state index in [0.717, 1.165) is 0 Å². The molecule has 0 aliphatic carbocycles. The van der Waals surface area contributed by atoms with Gasteiger partial charge in [-0.2, -0.15) is 0 Å². The van der Waals surface area contributed by atoms with Crippen molar-refractivity contribution in [2.24, 2.45) is 0 Å². The number of anilines is 1. The van der Waals surface area contributed by atoms with Gasteiger partial charge in [0.05, 0.1) is 30.8 Å². The van der Waals surface area contributed by atoms with Crippen LogP contribution in [-0.4, -0.2) is 67.4 Å². The molecule has 21 heavy (non-hydrogen) atoms. The molecule has 1 heterocycles. The molecule has 2 rings (SSSR count). The Labute approximate surface area is 129 Å². The van der Waals surface area contributed by atoms with Crippen molar-refractivity contribution >= 4 is 23.3 Å². The maximum absolute atomic E-state index is 12.2. The number of urea groups is 1. The SMILES string of the molecule is COc1ccc(NC(=O)N2C[C@@H](O)[C@H](N(C)C)C2)cc1Cl. The van der Waals surface area contributed by atoms with Crippen molar-refractivity contribution in [3.63, 3.8) is 0 Å². The van der Waals surface area contributed by atoms with Crippen LogP contribution in [0, 0.1) is 0 Å². The Morgan fingerprint density at radius 3 is 2.71 bits per heavy atom. The molecule has 0 aromatic heterocycles. The number of methoxy groups -OCH3 is 1. The lowest BCUT2D eigenvalue weighted by Gasteiger charge is -2.21. The van der Waals surface area contributed by atoms with E-state index < -0.39 is 6.10 Å². The maximum atomic E-state index is 12.2. The molecule has 0 radical (unpaired) electrons. The molecule has 7 heteroatoms. The highest BCUT2D eigenvalue weighted by Crippen LogP contribution is 2.27. The molecule has 2 N–H and O–H groups in total. The topological polar surface area (TPSA) is 65.0 Å². The van der Waals surface area contributed by atoms with Crippen LogP contribution in [0.4, 0.5) is 10.5 Å². The van der Waals surface area contributed by atoms with Crippen LogP contribution < -0.4 is 10.1 Å². The van der Waals surface area contributed by atoms with Gasteiger partial charge in [-0.25, -0.2) is 4.79 Å². The number of β-amino-alcohol motifs (C(OH)–C–C–N with tert-alkyl or cyclic N) is 1. The molecule has 116 valence electrons. The molecule has 1 aromatic rings. The second-order valence-electron chi connectivity index (χ2n) is 5.28. The number of amides is 2. The Bertz CT molecular complexity index is 524. The van der Waals surface area contributed by atoms with Gasteiger partial charge >= 0.3 is 6.03 Å². The fourth-order valence-corrected chi connectivity index (χ4v) is 2.65. The number of aliphatic hydroxyl groups is 1. The summed E-state index contributed by atoms with van der Waals surface area (Å²) in [7, 11) is 5.31. The fourth-order valence-electron chi connectivity index (χ4n) is 2.39. The normalized spacial score (nSPS) is 21.7. The zero-order chi connectivity index (χ0) is 15.6. The lowest BCUT2D eigenvalue weighted by Crippen LogP contribution is -2.38. The van der Waals surface area contributed by atoms with Gasteiger partial charge in [0.2, 0.25) is 0 Å². The van der Waals surface area contributed by atoms with Gasteiger partial charge in [-0.05, 0) is 32.3 Å². The number of likely N-dealkylation sites (tertiary alicyclic amines) is 1. The number of rotatable bonds is 3. The summed E-state index contributed by atoms with van der Waals surface area (Å²) in [5, 5.41) is 13.2. The van der Waals surface area contributed by atoms with Crippen molar-refractivity contribution in [2.75, 3.05) is 39.6 Å². The summed E-state index contributed by atoms with van der Waals surface area (Å²) in [6, 6.07) is 4.75. The van der Waals surface area contributed by atoms with Crippen LogP contribution in [0.2, 0.25) is 5.02 Å². The highest BCUT2D eigenvalue weighted by Gasteiger charge is 2.35. The Morgan fingerprint density at radius 2 is 2.19 bits per heavy atom. The van der Waals surface area contributed by atoms with Crippen molar-refractivity contribution in [1.82, 2.24) is 9.80 Å². The van der Waals surface area contributed by atoms with Crippen LogP contribution >= 0.6 is 11.6 Å². The molecule has 6 nitrogen and oxygen atoms in total. The third-order valence-corrected chi connectivity index (χ3v) is 3.91. The van der Waals surface area contributed by atoms with Crippen LogP contribution in [0.1, 0.15) is 0 Å². The van der Waals surface area contributed by atoms with Gasteiger partial charge in [0.25, 0.3) is 0 Å². The summed E-state index contributed by atoms with van der Waals surface area (Å²) in [6.07, 6.45) is -0.537. The van der Waals surface area contributed by atoms with E-state index in [1.165, 1.54) is 7.11 Å². The first-order valence-corrected chi connectivity index (χ1v) is 7.04. The molecule has 1 aromatic carbocycles. The summed E-state index contributed by atoms with van der Waals surface area (Å²) >= 11 is 6.02. The first-order chi connectivity index (χ1) is 9.92. The molecule has 0 bridgehead atoms. The van der Waals surface area contributed by atoms with E-state index in [4.69, 9.17) is 16.3 Å². The standard InChI is InChI=1S/C14H20ClN3O3/c1-17(2)11-7-18(8-12(11)19)14(20)16-9-4-5-13(21-3)10(15)6-9/h4-6,11-12,19H,7-8H2,1-3H3,(H,16,20)/t11-,12-/m1/s1. The lowest BCUT2D eigenvalue weighted by molar-refractivity contribution is 0.113. The quantitative estimate of drug-likeness (QED) is 0.887. The van der Waals surface area contributed by atoms with Gasteiger partial charge in [-0.15, -0.1) is 0 Å². The van der Waals surface area contributed by atoms with Gasteiger partial charge in [0, 0.05) is 12.2 Å². The van der Waals surface area contributed by atoms with Crippen LogP contribution in [-0.2, 0) is 0 Å². The predicted molar refractivity (Wildman–Crippen MR) is 82.1 cm³/mol. The number of aliphatic hydroxyl groups excluding tert-OH is 1. The summed E-state index contributed by atoms with van der Waals surface area (Å²) < 4.78 is 5.07. The van der Waals surface area contributed by atoms with Crippen LogP contribution in [0.5, 0.6) is 5.75 Å². The van der Waals surface area contributed by atoms with E-state index >= 15 is 0 Å². The molecule has 0 unspecified atom stereocenters. The number of hydrogen-bond acceptors (Lipinski definition) is 4. The van der Waals surface area contributed by atoms with E-state index in [2.05, 4.69) is 5.32 Å². The number of carbonyl (C=O) groups excluding carboxylic acids is 1. The largest absolute Gasteiger partial charge is 0.495 e. The third kappa shape index (κ3) is 3.58. The fraction of sp³-hybridized carbons (Fsp3) is 0.500. The summed E-state index contributed by atoms with van der Waals surface area (Å²) in [6.45, 7) is 0.808. The zero-order valence-electron chi connectivity index (χ0n) is 12.3. The summed E-state index contributed by atoms with van der Waals surface area (Å²) in [5.41, 5.74) is 0.591. The van der Waals surface area contributed by atoms with Crippen molar-refractivity contribution in [2.45, 2.75) is 12.1 Å². The smallest absolute Gasteiger partial charge is 0.321 e. The predicted octanol–water partition coefficient (Wildman–Crippen LogP) is 1.49. The van der Waals surface area contributed by atoms with Crippen molar-refractivity contribution in [3.8, 4) is 5.75 Å². The number of nitrogens with one attached hydrogen (secondary N) is 1. The van der Waals surface area contributed by atoms with Crippen molar-refractivity contribution in [3.05, 3.63) is 23.2 Å². The molecule has 0 spiro atoms. The summed E-state index contributed by atoms with van der Waals surface area (Å²) in [5.74, 6) is 0.555. The maximum Gasteiger partial charge on any atom is 0.321 e. The first kappa shape index (κ1) is 15.9. The molecule has 0 saturated carbocycles. The minimum absolute atomic E-state index is 0.0461.